The zero-order valence-electron chi connectivity index (χ0n) is 13.7. The highest BCUT2D eigenvalue weighted by Crippen LogP contribution is 2.15. The van der Waals surface area contributed by atoms with Gasteiger partial charge < -0.3 is 10.4 Å². The lowest BCUT2D eigenvalue weighted by molar-refractivity contribution is -0.144. The van der Waals surface area contributed by atoms with E-state index in [0.717, 1.165) is 19.4 Å². The number of hydrogen-bond acceptors (Lipinski definition) is 3. The van der Waals surface area contributed by atoms with Gasteiger partial charge in [0, 0.05) is 0 Å². The molecular formula is C15H30N2O3. The predicted octanol–water partition coefficient (Wildman–Crippen LogP) is 2.11. The van der Waals surface area contributed by atoms with Crippen LogP contribution in [0.15, 0.2) is 0 Å². The molecule has 0 bridgehead atoms. The number of likely N-dealkylation sites (N-methyl/N-ethyl adjacent to an activating group) is 1. The van der Waals surface area contributed by atoms with Gasteiger partial charge in [-0.05, 0) is 46.2 Å². The summed E-state index contributed by atoms with van der Waals surface area (Å²) in [6.07, 6.45) is 2.52. The van der Waals surface area contributed by atoms with Gasteiger partial charge in [0.15, 0.2) is 0 Å². The lowest BCUT2D eigenvalue weighted by Gasteiger charge is -2.35. The molecule has 0 saturated carbocycles. The smallest absolute Gasteiger partial charge is 0.326 e. The minimum atomic E-state index is -0.973. The monoisotopic (exact) mass is 286 g/mol. The summed E-state index contributed by atoms with van der Waals surface area (Å²) < 4.78 is 0. The van der Waals surface area contributed by atoms with Crippen LogP contribution in [-0.4, -0.2) is 47.1 Å². The van der Waals surface area contributed by atoms with E-state index in [4.69, 9.17) is 0 Å². The summed E-state index contributed by atoms with van der Waals surface area (Å²) >= 11 is 0. The number of amides is 1. The van der Waals surface area contributed by atoms with E-state index in [9.17, 15) is 14.7 Å². The quantitative estimate of drug-likeness (QED) is 0.681. The summed E-state index contributed by atoms with van der Waals surface area (Å²) in [5.74, 6) is -0.986. The fraction of sp³-hybridized carbons (Fsp3) is 0.867. The van der Waals surface area contributed by atoms with Gasteiger partial charge >= 0.3 is 5.97 Å². The van der Waals surface area contributed by atoms with Gasteiger partial charge in [-0.15, -0.1) is 0 Å². The number of carbonyl (C=O) groups is 2. The predicted molar refractivity (Wildman–Crippen MR) is 80.6 cm³/mol. The summed E-state index contributed by atoms with van der Waals surface area (Å²) in [4.78, 5) is 25.5. The highest BCUT2D eigenvalue weighted by atomic mass is 16.4. The molecule has 0 aliphatic rings. The van der Waals surface area contributed by atoms with Crippen molar-refractivity contribution in [3.63, 3.8) is 0 Å². The van der Waals surface area contributed by atoms with Crippen molar-refractivity contribution in [3.8, 4) is 0 Å². The largest absolute Gasteiger partial charge is 0.480 e. The molecule has 0 aromatic carbocycles. The lowest BCUT2D eigenvalue weighted by atomic mass is 9.98. The molecule has 118 valence electrons. The van der Waals surface area contributed by atoms with E-state index < -0.39 is 17.6 Å². The van der Waals surface area contributed by atoms with Crippen LogP contribution in [0.2, 0.25) is 0 Å². The first-order valence-electron chi connectivity index (χ1n) is 7.37. The summed E-state index contributed by atoms with van der Waals surface area (Å²) in [7, 11) is 1.90. The van der Waals surface area contributed by atoms with Gasteiger partial charge in [-0.1, -0.05) is 27.2 Å². The molecule has 0 fully saturated rings. The molecule has 0 spiro atoms. The van der Waals surface area contributed by atoms with Crippen LogP contribution in [0.25, 0.3) is 0 Å². The van der Waals surface area contributed by atoms with Crippen LogP contribution in [0.4, 0.5) is 0 Å². The molecule has 0 aliphatic heterocycles. The first-order valence-corrected chi connectivity index (χ1v) is 7.37. The second-order valence-electron chi connectivity index (χ2n) is 6.33. The van der Waals surface area contributed by atoms with Crippen molar-refractivity contribution >= 4 is 11.9 Å². The molecule has 2 N–H and O–H groups in total. The minimum Gasteiger partial charge on any atom is -0.480 e. The van der Waals surface area contributed by atoms with E-state index >= 15 is 0 Å². The number of carbonyl (C=O) groups excluding carboxylic acids is 1. The molecule has 0 heterocycles. The van der Waals surface area contributed by atoms with E-state index in [-0.39, 0.29) is 11.8 Å². The van der Waals surface area contributed by atoms with E-state index in [1.807, 2.05) is 39.6 Å². The summed E-state index contributed by atoms with van der Waals surface area (Å²) in [6, 6.07) is -0.818. The molecule has 5 heteroatoms. The molecular weight excluding hydrogens is 256 g/mol. The van der Waals surface area contributed by atoms with E-state index in [1.165, 1.54) is 0 Å². The van der Waals surface area contributed by atoms with Gasteiger partial charge in [0.2, 0.25) is 5.91 Å². The molecule has 0 saturated heterocycles. The number of nitrogens with zero attached hydrogens (tertiary/aromatic N) is 1. The Morgan fingerprint density at radius 2 is 1.85 bits per heavy atom. The molecule has 0 aromatic heterocycles. The van der Waals surface area contributed by atoms with Gasteiger partial charge in [-0.3, -0.25) is 9.69 Å². The van der Waals surface area contributed by atoms with Crippen LogP contribution < -0.4 is 5.32 Å². The number of aliphatic carboxylic acids is 1. The fourth-order valence-corrected chi connectivity index (χ4v) is 1.88. The Kier molecular flexibility index (Phi) is 7.79. The topological polar surface area (TPSA) is 69.6 Å². The first-order chi connectivity index (χ1) is 9.12. The van der Waals surface area contributed by atoms with Crippen molar-refractivity contribution in [1.29, 1.82) is 0 Å². The molecule has 1 unspecified atom stereocenters. The fourth-order valence-electron chi connectivity index (χ4n) is 1.88. The van der Waals surface area contributed by atoms with Crippen LogP contribution in [0.3, 0.4) is 0 Å². The molecule has 1 atom stereocenters. The molecule has 20 heavy (non-hydrogen) atoms. The number of carboxylic acid groups (broad SMARTS) is 1. The standard InChI is InChI=1S/C15H30N2O3/c1-7-8-9-17(6)15(4,5)14(20)16-12(13(18)19)10-11(2)3/h11-12H,7-10H2,1-6H3,(H,16,20)(H,18,19). The van der Waals surface area contributed by atoms with Crippen molar-refractivity contribution in [2.45, 2.75) is 65.5 Å². The zero-order valence-corrected chi connectivity index (χ0v) is 13.7. The van der Waals surface area contributed by atoms with Crippen LogP contribution >= 0.6 is 0 Å². The Morgan fingerprint density at radius 3 is 2.25 bits per heavy atom. The number of nitrogens with one attached hydrogen (secondary N) is 1. The Morgan fingerprint density at radius 1 is 1.30 bits per heavy atom. The maximum atomic E-state index is 12.3. The second kappa shape index (κ2) is 8.25. The van der Waals surface area contributed by atoms with Crippen molar-refractivity contribution in [3.05, 3.63) is 0 Å². The molecule has 0 aliphatic carbocycles. The summed E-state index contributed by atoms with van der Waals surface area (Å²) in [5, 5.41) is 11.9. The third-order valence-corrected chi connectivity index (χ3v) is 3.67. The highest BCUT2D eigenvalue weighted by molar-refractivity contribution is 5.89. The van der Waals surface area contributed by atoms with Crippen molar-refractivity contribution < 1.29 is 14.7 Å². The number of rotatable bonds is 9. The molecule has 0 radical (unpaired) electrons. The third-order valence-electron chi connectivity index (χ3n) is 3.67. The van der Waals surface area contributed by atoms with Gasteiger partial charge in [0.25, 0.3) is 0 Å². The first kappa shape index (κ1) is 18.9. The Bertz CT molecular complexity index is 327. The molecule has 5 nitrogen and oxygen atoms in total. The Labute approximate surface area is 122 Å². The van der Waals surface area contributed by atoms with Gasteiger partial charge in [0.1, 0.15) is 6.04 Å². The van der Waals surface area contributed by atoms with E-state index in [2.05, 4.69) is 12.2 Å². The summed E-state index contributed by atoms with van der Waals surface area (Å²) in [6.45, 7) is 10.5. The van der Waals surface area contributed by atoms with Crippen molar-refractivity contribution in [1.82, 2.24) is 10.2 Å². The maximum Gasteiger partial charge on any atom is 0.326 e. The molecule has 0 rings (SSSR count). The summed E-state index contributed by atoms with van der Waals surface area (Å²) in [5.41, 5.74) is -0.708. The van der Waals surface area contributed by atoms with Crippen LogP contribution in [0.1, 0.15) is 53.9 Å². The zero-order chi connectivity index (χ0) is 15.9. The lowest BCUT2D eigenvalue weighted by Crippen LogP contribution is -2.57. The van der Waals surface area contributed by atoms with Gasteiger partial charge in [0.05, 0.1) is 5.54 Å². The second-order valence-corrected chi connectivity index (χ2v) is 6.33. The average molecular weight is 286 g/mol. The third kappa shape index (κ3) is 5.90. The highest BCUT2D eigenvalue weighted by Gasteiger charge is 2.34. The van der Waals surface area contributed by atoms with Crippen molar-refractivity contribution in [2.24, 2.45) is 5.92 Å². The Balaban J connectivity index is 4.72. The normalized spacial score (nSPS) is 13.6. The van der Waals surface area contributed by atoms with Gasteiger partial charge in [-0.25, -0.2) is 4.79 Å². The average Bonchev–Trinajstić information content (AvgIpc) is 2.33. The molecule has 1 amide bonds. The van der Waals surface area contributed by atoms with Crippen LogP contribution in [0.5, 0.6) is 0 Å². The van der Waals surface area contributed by atoms with Gasteiger partial charge in [-0.2, -0.15) is 0 Å². The molecule has 0 aromatic rings. The van der Waals surface area contributed by atoms with E-state index in [1.54, 1.807) is 0 Å². The maximum absolute atomic E-state index is 12.3. The SMILES string of the molecule is CCCCN(C)C(C)(C)C(=O)NC(CC(C)C)C(=O)O. The van der Waals surface area contributed by atoms with Crippen LogP contribution in [-0.2, 0) is 9.59 Å². The van der Waals surface area contributed by atoms with Crippen molar-refractivity contribution in [2.75, 3.05) is 13.6 Å². The van der Waals surface area contributed by atoms with Crippen LogP contribution in [0, 0.1) is 5.92 Å². The number of carboxylic acids is 1. The number of unbranched alkanes of at least 4 members (excludes halogenated alkanes) is 1. The Hall–Kier alpha value is -1.10. The number of hydrogen-bond donors (Lipinski definition) is 2. The minimum absolute atomic E-state index is 0.220. The van der Waals surface area contributed by atoms with E-state index in [0.29, 0.717) is 6.42 Å².